The Bertz CT molecular complexity index is 427. The second-order valence-electron chi connectivity index (χ2n) is 6.29. The first-order valence-corrected chi connectivity index (χ1v) is 7.88. The summed E-state index contributed by atoms with van der Waals surface area (Å²) in [5, 5.41) is 9.36. The van der Waals surface area contributed by atoms with Gasteiger partial charge in [-0.2, -0.15) is 0 Å². The molecule has 116 valence electrons. The van der Waals surface area contributed by atoms with E-state index < -0.39 is 0 Å². The van der Waals surface area contributed by atoms with Crippen molar-refractivity contribution in [3.8, 4) is 11.5 Å². The smallest absolute Gasteiger partial charge is 0.119 e. The summed E-state index contributed by atoms with van der Waals surface area (Å²) in [6, 6.07) is 7.80. The predicted molar refractivity (Wildman–Crippen MR) is 79.8 cm³/mol. The van der Waals surface area contributed by atoms with Crippen molar-refractivity contribution >= 4 is 0 Å². The van der Waals surface area contributed by atoms with Crippen molar-refractivity contribution in [2.75, 3.05) is 26.4 Å². The van der Waals surface area contributed by atoms with Crippen molar-refractivity contribution in [3.05, 3.63) is 24.3 Å². The minimum Gasteiger partial charge on any atom is -0.493 e. The first-order valence-electron chi connectivity index (χ1n) is 7.88. The second-order valence-corrected chi connectivity index (χ2v) is 6.29. The van der Waals surface area contributed by atoms with Crippen LogP contribution in [0.15, 0.2) is 24.3 Å². The van der Waals surface area contributed by atoms with Crippen molar-refractivity contribution in [3.63, 3.8) is 0 Å². The van der Waals surface area contributed by atoms with Gasteiger partial charge in [-0.15, -0.1) is 0 Å². The Kier molecular flexibility index (Phi) is 4.66. The Hall–Kier alpha value is -1.26. The standard InChI is InChI=1S/C17H24O4/c18-10-17(11-19-12-17)13-20-14-6-8-16(9-7-14)21-15-4-2-1-3-5-15/h6-9,15,18H,1-5,10-13H2. The van der Waals surface area contributed by atoms with Crippen LogP contribution in [0.3, 0.4) is 0 Å². The highest BCUT2D eigenvalue weighted by atomic mass is 16.5. The Morgan fingerprint density at radius 2 is 1.71 bits per heavy atom. The van der Waals surface area contributed by atoms with Crippen LogP contribution < -0.4 is 9.47 Å². The molecule has 21 heavy (non-hydrogen) atoms. The molecule has 1 aliphatic carbocycles. The molecule has 1 N–H and O–H groups in total. The van der Waals surface area contributed by atoms with Gasteiger partial charge in [0.05, 0.1) is 31.3 Å². The van der Waals surface area contributed by atoms with Crippen molar-refractivity contribution < 1.29 is 19.3 Å². The summed E-state index contributed by atoms with van der Waals surface area (Å²) in [6.07, 6.45) is 6.58. The molecule has 1 aliphatic heterocycles. The lowest BCUT2D eigenvalue weighted by Crippen LogP contribution is -2.49. The number of aliphatic hydroxyl groups excluding tert-OH is 1. The van der Waals surface area contributed by atoms with Crippen LogP contribution in [0.5, 0.6) is 11.5 Å². The third-order valence-electron chi connectivity index (χ3n) is 4.38. The third-order valence-corrected chi connectivity index (χ3v) is 4.38. The number of aliphatic hydroxyl groups is 1. The molecule has 4 heteroatoms. The first-order chi connectivity index (χ1) is 10.3. The van der Waals surface area contributed by atoms with Crippen molar-refractivity contribution in [1.82, 2.24) is 0 Å². The molecule has 0 atom stereocenters. The highest BCUT2D eigenvalue weighted by Gasteiger charge is 2.39. The van der Waals surface area contributed by atoms with Gasteiger partial charge in [0.15, 0.2) is 0 Å². The minimum absolute atomic E-state index is 0.107. The van der Waals surface area contributed by atoms with E-state index in [2.05, 4.69) is 0 Å². The Balaban J connectivity index is 1.49. The van der Waals surface area contributed by atoms with E-state index in [0.29, 0.717) is 25.9 Å². The van der Waals surface area contributed by atoms with E-state index in [1.165, 1.54) is 19.3 Å². The molecule has 0 radical (unpaired) electrons. The van der Waals surface area contributed by atoms with E-state index >= 15 is 0 Å². The molecule has 0 unspecified atom stereocenters. The number of hydrogen-bond acceptors (Lipinski definition) is 4. The van der Waals surface area contributed by atoms with Gasteiger partial charge in [0.1, 0.15) is 18.1 Å². The van der Waals surface area contributed by atoms with Gasteiger partial charge in [0.2, 0.25) is 0 Å². The number of hydrogen-bond donors (Lipinski definition) is 1. The molecule has 0 bridgehead atoms. The van der Waals surface area contributed by atoms with Crippen molar-refractivity contribution in [2.45, 2.75) is 38.2 Å². The fourth-order valence-electron chi connectivity index (χ4n) is 2.84. The van der Waals surface area contributed by atoms with Gasteiger partial charge in [-0.25, -0.2) is 0 Å². The van der Waals surface area contributed by atoms with Crippen LogP contribution in [-0.4, -0.2) is 37.6 Å². The number of benzene rings is 1. The number of rotatable bonds is 6. The minimum atomic E-state index is -0.211. The predicted octanol–water partition coefficient (Wildman–Crippen LogP) is 2.79. The molecular weight excluding hydrogens is 268 g/mol. The molecule has 3 rings (SSSR count). The SMILES string of the molecule is OCC1(COc2ccc(OC3CCCCC3)cc2)COC1. The van der Waals surface area contributed by atoms with Gasteiger partial charge in [-0.3, -0.25) is 0 Å². The van der Waals surface area contributed by atoms with Crippen LogP contribution in [0.1, 0.15) is 32.1 Å². The lowest BCUT2D eigenvalue weighted by molar-refractivity contribution is -0.153. The zero-order valence-electron chi connectivity index (χ0n) is 12.4. The Morgan fingerprint density at radius 1 is 1.05 bits per heavy atom. The fraction of sp³-hybridized carbons (Fsp3) is 0.647. The summed E-state index contributed by atoms with van der Waals surface area (Å²) in [5.41, 5.74) is -0.211. The lowest BCUT2D eigenvalue weighted by atomic mass is 9.88. The van der Waals surface area contributed by atoms with Gasteiger partial charge in [-0.05, 0) is 49.9 Å². The van der Waals surface area contributed by atoms with E-state index in [0.717, 1.165) is 24.3 Å². The third kappa shape index (κ3) is 3.69. The summed E-state index contributed by atoms with van der Waals surface area (Å²) >= 11 is 0. The van der Waals surface area contributed by atoms with E-state index in [1.54, 1.807) is 0 Å². The normalized spacial score (nSPS) is 21.6. The van der Waals surface area contributed by atoms with Gasteiger partial charge >= 0.3 is 0 Å². The molecule has 2 aliphatic rings. The van der Waals surface area contributed by atoms with E-state index in [9.17, 15) is 5.11 Å². The molecule has 0 amide bonds. The molecule has 1 saturated heterocycles. The monoisotopic (exact) mass is 292 g/mol. The van der Waals surface area contributed by atoms with Gasteiger partial charge in [0.25, 0.3) is 0 Å². The molecule has 0 aromatic heterocycles. The summed E-state index contributed by atoms with van der Waals surface area (Å²) in [5.74, 6) is 1.73. The van der Waals surface area contributed by atoms with Gasteiger partial charge in [0, 0.05) is 0 Å². The molecule has 1 saturated carbocycles. The van der Waals surface area contributed by atoms with Gasteiger partial charge < -0.3 is 19.3 Å². The molecular formula is C17H24O4. The second kappa shape index (κ2) is 6.67. The molecule has 1 aromatic carbocycles. The topological polar surface area (TPSA) is 47.9 Å². The Labute approximate surface area is 126 Å². The molecule has 4 nitrogen and oxygen atoms in total. The summed E-state index contributed by atoms with van der Waals surface area (Å²) < 4.78 is 16.9. The van der Waals surface area contributed by atoms with Crippen LogP contribution in [0.4, 0.5) is 0 Å². The van der Waals surface area contributed by atoms with Crippen LogP contribution in [0.25, 0.3) is 0 Å². The average Bonchev–Trinajstić information content (AvgIpc) is 2.49. The Morgan fingerprint density at radius 3 is 2.29 bits per heavy atom. The zero-order chi connectivity index (χ0) is 14.5. The van der Waals surface area contributed by atoms with E-state index in [4.69, 9.17) is 14.2 Å². The maximum Gasteiger partial charge on any atom is 0.119 e. The van der Waals surface area contributed by atoms with Crippen LogP contribution >= 0.6 is 0 Å². The maximum absolute atomic E-state index is 9.36. The summed E-state index contributed by atoms with van der Waals surface area (Å²) in [7, 11) is 0. The fourth-order valence-corrected chi connectivity index (χ4v) is 2.84. The van der Waals surface area contributed by atoms with Crippen LogP contribution in [0.2, 0.25) is 0 Å². The van der Waals surface area contributed by atoms with Crippen molar-refractivity contribution in [2.24, 2.45) is 5.41 Å². The highest BCUT2D eigenvalue weighted by molar-refractivity contribution is 5.31. The largest absolute Gasteiger partial charge is 0.493 e. The zero-order valence-corrected chi connectivity index (χ0v) is 12.4. The quantitative estimate of drug-likeness (QED) is 0.876. The number of ether oxygens (including phenoxy) is 3. The average molecular weight is 292 g/mol. The first kappa shape index (κ1) is 14.7. The summed E-state index contributed by atoms with van der Waals surface area (Å²) in [4.78, 5) is 0. The van der Waals surface area contributed by atoms with Crippen LogP contribution in [-0.2, 0) is 4.74 Å². The highest BCUT2D eigenvalue weighted by Crippen LogP contribution is 2.29. The molecule has 1 aromatic rings. The van der Waals surface area contributed by atoms with Crippen molar-refractivity contribution in [1.29, 1.82) is 0 Å². The molecule has 0 spiro atoms. The van der Waals surface area contributed by atoms with Gasteiger partial charge in [-0.1, -0.05) is 6.42 Å². The van der Waals surface area contributed by atoms with Crippen LogP contribution in [0, 0.1) is 5.41 Å². The summed E-state index contributed by atoms with van der Waals surface area (Å²) in [6.45, 7) is 1.75. The van der Waals surface area contributed by atoms with E-state index in [-0.39, 0.29) is 12.0 Å². The van der Waals surface area contributed by atoms with E-state index in [1.807, 2.05) is 24.3 Å². The molecule has 2 fully saturated rings. The maximum atomic E-state index is 9.36. The lowest BCUT2D eigenvalue weighted by Gasteiger charge is -2.39. The molecule has 1 heterocycles.